The van der Waals surface area contributed by atoms with Crippen LogP contribution in [0.3, 0.4) is 0 Å². The Morgan fingerprint density at radius 3 is 2.11 bits per heavy atom. The number of carbonyl (C=O) groups excluding carboxylic acids is 3. The molecule has 2 heterocycles. The number of hydrogen-bond acceptors (Lipinski definition) is 3. The molecule has 1 fully saturated rings. The molecule has 2 aliphatic rings. The van der Waals surface area contributed by atoms with Crippen molar-refractivity contribution in [1.82, 2.24) is 9.80 Å². The van der Waals surface area contributed by atoms with Gasteiger partial charge in [0, 0.05) is 29.5 Å². The number of rotatable bonds is 8. The summed E-state index contributed by atoms with van der Waals surface area (Å²) in [6.07, 6.45) is 3.38. The van der Waals surface area contributed by atoms with E-state index in [1.165, 1.54) is 4.90 Å². The summed E-state index contributed by atoms with van der Waals surface area (Å²) in [7, 11) is 0. The highest BCUT2D eigenvalue weighted by Crippen LogP contribution is 2.29. The Morgan fingerprint density at radius 1 is 0.861 bits per heavy atom. The van der Waals surface area contributed by atoms with Crippen LogP contribution in [0.15, 0.2) is 78.9 Å². The number of imide groups is 1. The molecular weight excluding hydrogens is 563 g/mol. The van der Waals surface area contributed by atoms with E-state index < -0.39 is 0 Å². The highest BCUT2D eigenvalue weighted by molar-refractivity contribution is 14.1. The first-order chi connectivity index (χ1) is 17.6. The quantitative estimate of drug-likeness (QED) is 0.190. The maximum absolute atomic E-state index is 13.3. The second kappa shape index (κ2) is 10.9. The van der Waals surface area contributed by atoms with Gasteiger partial charge in [0.1, 0.15) is 0 Å². The standard InChI is InChI=1S/C30H29IN2O3/c31-20-25-9-6-18-32(25)28(34)17-16-24(33-29(35)26-10-4-5-11-27(26)30(33)36)19-21-12-14-23(15-13-21)22-7-2-1-3-8-22/h1-5,7-8,10-15,24-25H,6,9,16-20H2/t24?,25-/m1/s1. The van der Waals surface area contributed by atoms with Crippen LogP contribution in [-0.2, 0) is 11.2 Å². The van der Waals surface area contributed by atoms with E-state index in [4.69, 9.17) is 0 Å². The zero-order chi connectivity index (χ0) is 25.1. The van der Waals surface area contributed by atoms with E-state index in [2.05, 4.69) is 59.0 Å². The summed E-state index contributed by atoms with van der Waals surface area (Å²) in [5.41, 5.74) is 4.19. The number of fused-ring (bicyclic) bond motifs is 1. The van der Waals surface area contributed by atoms with Crippen molar-refractivity contribution in [3.63, 3.8) is 0 Å². The summed E-state index contributed by atoms with van der Waals surface area (Å²) in [5.74, 6) is -0.407. The number of halogens is 1. The van der Waals surface area contributed by atoms with Gasteiger partial charge in [-0.3, -0.25) is 19.3 Å². The van der Waals surface area contributed by atoms with Crippen LogP contribution in [0.2, 0.25) is 0 Å². The predicted octanol–water partition coefficient (Wildman–Crippen LogP) is 5.77. The molecule has 0 N–H and O–H groups in total. The second-order valence-corrected chi connectivity index (χ2v) is 10.4. The third-order valence-corrected chi connectivity index (χ3v) is 8.31. The molecule has 1 saturated heterocycles. The Balaban J connectivity index is 1.37. The third-order valence-electron chi connectivity index (χ3n) is 7.29. The van der Waals surface area contributed by atoms with Gasteiger partial charge < -0.3 is 4.90 Å². The van der Waals surface area contributed by atoms with E-state index in [1.807, 2.05) is 23.1 Å². The first-order valence-corrected chi connectivity index (χ1v) is 14.1. The minimum atomic E-state index is -0.385. The van der Waals surface area contributed by atoms with Gasteiger partial charge in [-0.05, 0) is 54.5 Å². The van der Waals surface area contributed by atoms with Gasteiger partial charge in [0.2, 0.25) is 5.91 Å². The minimum Gasteiger partial charge on any atom is -0.339 e. The Morgan fingerprint density at radius 2 is 1.47 bits per heavy atom. The van der Waals surface area contributed by atoms with Crippen molar-refractivity contribution in [2.75, 3.05) is 11.0 Å². The van der Waals surface area contributed by atoms with E-state index >= 15 is 0 Å². The molecule has 1 unspecified atom stereocenters. The van der Waals surface area contributed by atoms with Crippen LogP contribution in [0.25, 0.3) is 11.1 Å². The topological polar surface area (TPSA) is 57.7 Å². The Labute approximate surface area is 225 Å². The van der Waals surface area contributed by atoms with Crippen molar-refractivity contribution < 1.29 is 14.4 Å². The zero-order valence-electron chi connectivity index (χ0n) is 20.1. The smallest absolute Gasteiger partial charge is 0.261 e. The highest BCUT2D eigenvalue weighted by Gasteiger charge is 2.40. The first-order valence-electron chi connectivity index (χ1n) is 12.5. The molecule has 2 aliphatic heterocycles. The van der Waals surface area contributed by atoms with E-state index in [0.717, 1.165) is 40.5 Å². The molecule has 184 valence electrons. The van der Waals surface area contributed by atoms with E-state index in [-0.39, 0.29) is 23.8 Å². The van der Waals surface area contributed by atoms with Crippen LogP contribution in [0.5, 0.6) is 0 Å². The van der Waals surface area contributed by atoms with Crippen LogP contribution in [0, 0.1) is 0 Å². The number of hydrogen-bond donors (Lipinski definition) is 0. The first kappa shape index (κ1) is 24.7. The zero-order valence-corrected chi connectivity index (χ0v) is 22.3. The number of likely N-dealkylation sites (tertiary alicyclic amines) is 1. The highest BCUT2D eigenvalue weighted by atomic mass is 127. The van der Waals surface area contributed by atoms with Gasteiger partial charge >= 0.3 is 0 Å². The van der Waals surface area contributed by atoms with Gasteiger partial charge in [0.25, 0.3) is 11.8 Å². The molecule has 36 heavy (non-hydrogen) atoms. The summed E-state index contributed by atoms with van der Waals surface area (Å²) in [4.78, 5) is 43.1. The number of nitrogens with zero attached hydrogens (tertiary/aromatic N) is 2. The van der Waals surface area contributed by atoms with Crippen LogP contribution >= 0.6 is 22.6 Å². The molecule has 0 spiro atoms. The molecule has 3 aromatic carbocycles. The summed E-state index contributed by atoms with van der Waals surface area (Å²) < 4.78 is 0.930. The Hall–Kier alpha value is -3.00. The monoisotopic (exact) mass is 592 g/mol. The van der Waals surface area contributed by atoms with Gasteiger partial charge in [-0.2, -0.15) is 0 Å². The fourth-order valence-electron chi connectivity index (χ4n) is 5.36. The lowest BCUT2D eigenvalue weighted by Crippen LogP contribution is -2.43. The van der Waals surface area contributed by atoms with E-state index in [0.29, 0.717) is 36.4 Å². The number of amides is 3. The molecule has 0 aliphatic carbocycles. The van der Waals surface area contributed by atoms with Crippen LogP contribution in [-0.4, -0.2) is 50.6 Å². The average Bonchev–Trinajstić information content (AvgIpc) is 3.50. The average molecular weight is 592 g/mol. The maximum atomic E-state index is 13.3. The molecule has 6 heteroatoms. The van der Waals surface area contributed by atoms with Crippen LogP contribution in [0.1, 0.15) is 52.0 Å². The van der Waals surface area contributed by atoms with Crippen molar-refractivity contribution in [1.29, 1.82) is 0 Å². The van der Waals surface area contributed by atoms with E-state index in [1.54, 1.807) is 24.3 Å². The van der Waals surface area contributed by atoms with Crippen LogP contribution in [0.4, 0.5) is 0 Å². The normalized spacial score (nSPS) is 18.0. The number of alkyl halides is 1. The summed E-state index contributed by atoms with van der Waals surface area (Å²) in [6, 6.07) is 25.3. The minimum absolute atomic E-state index is 0.121. The fourth-order valence-corrected chi connectivity index (χ4v) is 6.27. The molecule has 0 aromatic heterocycles. The van der Waals surface area contributed by atoms with Gasteiger partial charge in [-0.25, -0.2) is 0 Å². The lowest BCUT2D eigenvalue weighted by molar-refractivity contribution is -0.131. The molecule has 5 rings (SSSR count). The molecule has 5 nitrogen and oxygen atoms in total. The van der Waals surface area contributed by atoms with Crippen molar-refractivity contribution in [3.05, 3.63) is 95.6 Å². The van der Waals surface area contributed by atoms with E-state index in [9.17, 15) is 14.4 Å². The van der Waals surface area contributed by atoms with Gasteiger partial charge in [-0.1, -0.05) is 89.3 Å². The Bertz CT molecular complexity index is 1220. The van der Waals surface area contributed by atoms with Gasteiger partial charge in [0.05, 0.1) is 11.1 Å². The summed E-state index contributed by atoms with van der Waals surface area (Å²) in [6.45, 7) is 0.797. The number of benzene rings is 3. The molecule has 0 saturated carbocycles. The summed E-state index contributed by atoms with van der Waals surface area (Å²) >= 11 is 2.35. The molecular formula is C30H29IN2O3. The van der Waals surface area contributed by atoms with Gasteiger partial charge in [0.15, 0.2) is 0 Å². The van der Waals surface area contributed by atoms with Crippen molar-refractivity contribution in [2.24, 2.45) is 0 Å². The molecule has 3 amide bonds. The Kier molecular flexibility index (Phi) is 7.51. The van der Waals surface area contributed by atoms with Crippen molar-refractivity contribution in [3.8, 4) is 11.1 Å². The fraction of sp³-hybridized carbons (Fsp3) is 0.300. The maximum Gasteiger partial charge on any atom is 0.261 e. The largest absolute Gasteiger partial charge is 0.339 e. The third kappa shape index (κ3) is 4.96. The lowest BCUT2D eigenvalue weighted by Gasteiger charge is -2.28. The molecule has 3 aromatic rings. The molecule has 2 atom stereocenters. The number of carbonyl (C=O) groups is 3. The second-order valence-electron chi connectivity index (χ2n) is 9.52. The molecule has 0 bridgehead atoms. The molecule has 0 radical (unpaired) electrons. The van der Waals surface area contributed by atoms with Crippen molar-refractivity contribution in [2.45, 2.75) is 44.2 Å². The lowest BCUT2D eigenvalue weighted by atomic mass is 9.97. The van der Waals surface area contributed by atoms with Gasteiger partial charge in [-0.15, -0.1) is 0 Å². The SMILES string of the molecule is O=C1c2ccccc2C(=O)N1C(CCC(=O)N1CCC[C@@H]1CI)Cc1ccc(-c2ccccc2)cc1. The van der Waals surface area contributed by atoms with Crippen molar-refractivity contribution >= 4 is 40.3 Å². The van der Waals surface area contributed by atoms with Crippen LogP contribution < -0.4 is 0 Å². The predicted molar refractivity (Wildman–Crippen MR) is 149 cm³/mol. The summed E-state index contributed by atoms with van der Waals surface area (Å²) in [5, 5.41) is 0.